The quantitative estimate of drug-likeness (QED) is 0.735. The molecule has 0 radical (unpaired) electrons. The molecule has 1 aromatic carbocycles. The van der Waals surface area contributed by atoms with Gasteiger partial charge in [-0.05, 0) is 12.1 Å². The van der Waals surface area contributed by atoms with Gasteiger partial charge in [0.05, 0.1) is 23.4 Å². The molecule has 1 saturated heterocycles. The maximum absolute atomic E-state index is 12.2. The number of rotatable bonds is 3. The van der Waals surface area contributed by atoms with Gasteiger partial charge >= 0.3 is 0 Å². The predicted molar refractivity (Wildman–Crippen MR) is 85.6 cm³/mol. The van der Waals surface area contributed by atoms with Crippen LogP contribution < -0.4 is 4.74 Å². The molecule has 122 valence electrons. The van der Waals surface area contributed by atoms with Gasteiger partial charge in [0.25, 0.3) is 5.91 Å². The summed E-state index contributed by atoms with van der Waals surface area (Å²) in [4.78, 5) is 22.8. The molecule has 0 saturated carbocycles. The van der Waals surface area contributed by atoms with Crippen molar-refractivity contribution in [1.29, 1.82) is 0 Å². The van der Waals surface area contributed by atoms with E-state index < -0.39 is 0 Å². The van der Waals surface area contributed by atoms with Crippen LogP contribution in [0.3, 0.4) is 0 Å². The van der Waals surface area contributed by atoms with Crippen molar-refractivity contribution >= 4 is 16.9 Å². The maximum atomic E-state index is 12.2. The fraction of sp³-hybridized carbons (Fsp3) is 0.294. The minimum atomic E-state index is -0.128. The standard InChI is InChI=1S/C17H16N4O3/c22-17(15-5-8-19-24-15)21-9-6-12(7-10-21)23-16-11-18-13-3-1-2-4-14(13)20-16/h1-5,8,11-12H,6-7,9-10H2. The number of aromatic nitrogens is 3. The number of piperidine rings is 1. The molecular weight excluding hydrogens is 308 g/mol. The number of fused-ring (bicyclic) bond motifs is 1. The van der Waals surface area contributed by atoms with Crippen molar-refractivity contribution in [3.05, 3.63) is 48.5 Å². The van der Waals surface area contributed by atoms with Crippen molar-refractivity contribution in [1.82, 2.24) is 20.0 Å². The van der Waals surface area contributed by atoms with E-state index in [1.54, 1.807) is 17.2 Å². The lowest BCUT2D eigenvalue weighted by Crippen LogP contribution is -2.41. The van der Waals surface area contributed by atoms with Crippen molar-refractivity contribution in [2.24, 2.45) is 0 Å². The largest absolute Gasteiger partial charge is 0.473 e. The molecule has 1 amide bonds. The second kappa shape index (κ2) is 6.27. The van der Waals surface area contributed by atoms with Gasteiger partial charge in [0, 0.05) is 32.0 Å². The molecule has 1 aliphatic heterocycles. The maximum Gasteiger partial charge on any atom is 0.292 e. The highest BCUT2D eigenvalue weighted by atomic mass is 16.5. The Balaban J connectivity index is 1.38. The molecule has 7 heteroatoms. The van der Waals surface area contributed by atoms with E-state index in [4.69, 9.17) is 9.26 Å². The SMILES string of the molecule is O=C(c1ccno1)N1CCC(Oc2cnc3ccccc3n2)CC1. The first-order chi connectivity index (χ1) is 11.8. The van der Waals surface area contributed by atoms with Gasteiger partial charge < -0.3 is 14.2 Å². The second-order valence-corrected chi connectivity index (χ2v) is 5.68. The topological polar surface area (TPSA) is 81.4 Å². The van der Waals surface area contributed by atoms with E-state index in [0.29, 0.717) is 19.0 Å². The van der Waals surface area contributed by atoms with E-state index in [9.17, 15) is 4.79 Å². The Morgan fingerprint density at radius 2 is 1.96 bits per heavy atom. The molecule has 1 fully saturated rings. The molecule has 7 nitrogen and oxygen atoms in total. The Morgan fingerprint density at radius 1 is 1.17 bits per heavy atom. The molecule has 0 bridgehead atoms. The average molecular weight is 324 g/mol. The van der Waals surface area contributed by atoms with Crippen LogP contribution in [0.1, 0.15) is 23.4 Å². The summed E-state index contributed by atoms with van der Waals surface area (Å²) in [5.41, 5.74) is 1.66. The lowest BCUT2D eigenvalue weighted by molar-refractivity contribution is 0.0551. The van der Waals surface area contributed by atoms with Crippen LogP contribution in [0.2, 0.25) is 0 Å². The fourth-order valence-corrected chi connectivity index (χ4v) is 2.83. The Hall–Kier alpha value is -2.96. The van der Waals surface area contributed by atoms with Gasteiger partial charge in [-0.2, -0.15) is 0 Å². The lowest BCUT2D eigenvalue weighted by atomic mass is 10.1. The van der Waals surface area contributed by atoms with Crippen LogP contribution >= 0.6 is 0 Å². The summed E-state index contributed by atoms with van der Waals surface area (Å²) >= 11 is 0. The minimum absolute atomic E-state index is 0.0271. The van der Waals surface area contributed by atoms with Crippen LogP contribution in [0, 0.1) is 0 Å². The van der Waals surface area contributed by atoms with Gasteiger partial charge in [-0.3, -0.25) is 4.79 Å². The van der Waals surface area contributed by atoms with Crippen molar-refractivity contribution < 1.29 is 14.1 Å². The molecule has 24 heavy (non-hydrogen) atoms. The molecule has 0 unspecified atom stereocenters. The third-order valence-electron chi connectivity index (χ3n) is 4.09. The Labute approximate surface area is 138 Å². The summed E-state index contributed by atoms with van der Waals surface area (Å²) < 4.78 is 10.9. The van der Waals surface area contributed by atoms with Gasteiger partial charge in [-0.15, -0.1) is 0 Å². The van der Waals surface area contributed by atoms with E-state index in [-0.39, 0.29) is 17.8 Å². The number of likely N-dealkylation sites (tertiary alicyclic amines) is 1. The number of nitrogens with zero attached hydrogens (tertiary/aromatic N) is 4. The number of hydrogen-bond acceptors (Lipinski definition) is 6. The van der Waals surface area contributed by atoms with Crippen LogP contribution in [-0.4, -0.2) is 45.1 Å². The number of ether oxygens (including phenoxy) is 1. The van der Waals surface area contributed by atoms with Crippen LogP contribution in [-0.2, 0) is 0 Å². The van der Waals surface area contributed by atoms with Crippen LogP contribution in [0.15, 0.2) is 47.2 Å². The number of carbonyl (C=O) groups excluding carboxylic acids is 1. The monoisotopic (exact) mass is 324 g/mol. The number of hydrogen-bond donors (Lipinski definition) is 0. The molecule has 3 heterocycles. The van der Waals surface area contributed by atoms with E-state index in [1.807, 2.05) is 24.3 Å². The van der Waals surface area contributed by atoms with E-state index in [0.717, 1.165) is 23.9 Å². The fourth-order valence-electron chi connectivity index (χ4n) is 2.83. The molecular formula is C17H16N4O3. The van der Waals surface area contributed by atoms with Crippen LogP contribution in [0.4, 0.5) is 0 Å². The lowest BCUT2D eigenvalue weighted by Gasteiger charge is -2.31. The zero-order valence-corrected chi connectivity index (χ0v) is 13.0. The molecule has 3 aromatic rings. The zero-order valence-electron chi connectivity index (χ0n) is 13.0. The highest BCUT2D eigenvalue weighted by molar-refractivity contribution is 5.91. The van der Waals surface area contributed by atoms with Crippen LogP contribution in [0.5, 0.6) is 5.88 Å². The summed E-state index contributed by atoms with van der Waals surface area (Å²) in [6.45, 7) is 1.23. The second-order valence-electron chi connectivity index (χ2n) is 5.68. The molecule has 0 spiro atoms. The Bertz CT molecular complexity index is 842. The third kappa shape index (κ3) is 2.92. The number of benzene rings is 1. The third-order valence-corrected chi connectivity index (χ3v) is 4.09. The molecule has 1 aliphatic rings. The van der Waals surface area contributed by atoms with Gasteiger partial charge in [-0.1, -0.05) is 17.3 Å². The molecule has 0 aliphatic carbocycles. The zero-order chi connectivity index (χ0) is 16.4. The van der Waals surface area contributed by atoms with E-state index in [1.165, 1.54) is 6.20 Å². The first-order valence-electron chi connectivity index (χ1n) is 7.88. The average Bonchev–Trinajstić information content (AvgIpc) is 3.16. The van der Waals surface area contributed by atoms with Crippen molar-refractivity contribution in [3.63, 3.8) is 0 Å². The first-order valence-corrected chi connectivity index (χ1v) is 7.88. The number of amides is 1. The molecule has 4 rings (SSSR count). The summed E-state index contributed by atoms with van der Waals surface area (Å²) in [5, 5.41) is 3.57. The summed E-state index contributed by atoms with van der Waals surface area (Å²) in [7, 11) is 0. The predicted octanol–water partition coefficient (Wildman–Crippen LogP) is 2.30. The highest BCUT2D eigenvalue weighted by Gasteiger charge is 2.26. The highest BCUT2D eigenvalue weighted by Crippen LogP contribution is 2.20. The normalized spacial score (nSPS) is 15.6. The first kappa shape index (κ1) is 14.6. The van der Waals surface area contributed by atoms with Crippen molar-refractivity contribution in [2.75, 3.05) is 13.1 Å². The summed E-state index contributed by atoms with van der Waals surface area (Å²) in [6.07, 6.45) is 4.64. The van der Waals surface area contributed by atoms with Crippen molar-refractivity contribution in [2.45, 2.75) is 18.9 Å². The Kier molecular flexibility index (Phi) is 3.82. The van der Waals surface area contributed by atoms with Crippen molar-refractivity contribution in [3.8, 4) is 5.88 Å². The summed E-state index contributed by atoms with van der Waals surface area (Å²) in [5.74, 6) is 0.667. The van der Waals surface area contributed by atoms with E-state index in [2.05, 4.69) is 15.1 Å². The van der Waals surface area contributed by atoms with E-state index >= 15 is 0 Å². The Morgan fingerprint density at radius 3 is 2.71 bits per heavy atom. The number of para-hydroxylation sites is 2. The molecule has 0 atom stereocenters. The van der Waals surface area contributed by atoms with Gasteiger partial charge in [0.15, 0.2) is 0 Å². The van der Waals surface area contributed by atoms with Gasteiger partial charge in [-0.25, -0.2) is 9.97 Å². The van der Waals surface area contributed by atoms with Gasteiger partial charge in [0.2, 0.25) is 11.6 Å². The number of carbonyl (C=O) groups is 1. The summed E-state index contributed by atoms with van der Waals surface area (Å²) in [6, 6.07) is 9.26. The smallest absolute Gasteiger partial charge is 0.292 e. The molecule has 2 aromatic heterocycles. The van der Waals surface area contributed by atoms with Gasteiger partial charge in [0.1, 0.15) is 6.10 Å². The minimum Gasteiger partial charge on any atom is -0.473 e. The molecule has 0 N–H and O–H groups in total. The van der Waals surface area contributed by atoms with Crippen LogP contribution in [0.25, 0.3) is 11.0 Å².